The molecule has 4 rings (SSSR count). The summed E-state index contributed by atoms with van der Waals surface area (Å²) in [5.41, 5.74) is 6.33. The minimum Gasteiger partial charge on any atom is -0.380 e. The summed E-state index contributed by atoms with van der Waals surface area (Å²) in [7, 11) is 0. The Bertz CT molecular complexity index is 778. The van der Waals surface area contributed by atoms with E-state index in [2.05, 4.69) is 51.5 Å². The topological polar surface area (TPSA) is 61.4 Å². The zero-order chi connectivity index (χ0) is 24.7. The number of carbonyl (C=O) groups is 1. The standard InChI is InChI=1S/C30H52N2O2/c1-7-31-32-27(33)30(34)18-17-28(5)22(19-30)11-12-23-25-14-13-24(21(4)10-8-9-20(2)3)29(25,6)16-15-26(23)28/h11,20-21,23-26,31,34H,7-10,12-19H2,1-6H3,(H,32,33)/t21-,23+,24-,25+,26+,28+,29-,30?/m1/s1. The van der Waals surface area contributed by atoms with Crippen molar-refractivity contribution < 1.29 is 9.90 Å². The van der Waals surface area contributed by atoms with Gasteiger partial charge in [0.25, 0.3) is 5.91 Å². The highest BCUT2D eigenvalue weighted by Crippen LogP contribution is 2.67. The molecule has 4 aliphatic carbocycles. The van der Waals surface area contributed by atoms with E-state index in [9.17, 15) is 9.90 Å². The molecule has 4 heteroatoms. The minimum atomic E-state index is -1.27. The summed E-state index contributed by atoms with van der Waals surface area (Å²) in [6.07, 6.45) is 15.3. The summed E-state index contributed by atoms with van der Waals surface area (Å²) in [5, 5.41) is 11.2. The van der Waals surface area contributed by atoms with Crippen LogP contribution in [0.2, 0.25) is 0 Å². The van der Waals surface area contributed by atoms with Crippen LogP contribution in [-0.4, -0.2) is 23.2 Å². The van der Waals surface area contributed by atoms with Crippen LogP contribution in [0.3, 0.4) is 0 Å². The van der Waals surface area contributed by atoms with Crippen molar-refractivity contribution >= 4 is 5.91 Å². The summed E-state index contributed by atoms with van der Waals surface area (Å²) < 4.78 is 0. The maximum Gasteiger partial charge on any atom is 0.266 e. The first-order valence-electron chi connectivity index (χ1n) is 14.5. The van der Waals surface area contributed by atoms with Crippen molar-refractivity contribution in [3.8, 4) is 0 Å². The Balaban J connectivity index is 1.47. The first-order chi connectivity index (χ1) is 16.0. The van der Waals surface area contributed by atoms with Gasteiger partial charge < -0.3 is 5.11 Å². The number of rotatable bonds is 8. The molecular weight excluding hydrogens is 420 g/mol. The van der Waals surface area contributed by atoms with E-state index in [4.69, 9.17) is 0 Å². The van der Waals surface area contributed by atoms with Crippen LogP contribution in [0.5, 0.6) is 0 Å². The van der Waals surface area contributed by atoms with Crippen molar-refractivity contribution in [3.63, 3.8) is 0 Å². The molecule has 194 valence electrons. The van der Waals surface area contributed by atoms with Crippen molar-refractivity contribution in [2.45, 2.75) is 118 Å². The Hall–Kier alpha value is -0.870. The molecule has 0 radical (unpaired) electrons. The van der Waals surface area contributed by atoms with Crippen LogP contribution in [0.1, 0.15) is 112 Å². The third-order valence-electron chi connectivity index (χ3n) is 11.2. The number of hydrogen-bond acceptors (Lipinski definition) is 3. The fourth-order valence-corrected chi connectivity index (χ4v) is 9.15. The number of amides is 1. The predicted molar refractivity (Wildman–Crippen MR) is 140 cm³/mol. The Kier molecular flexibility index (Phi) is 7.62. The molecule has 4 aliphatic rings. The highest BCUT2D eigenvalue weighted by Gasteiger charge is 2.60. The van der Waals surface area contributed by atoms with E-state index < -0.39 is 5.60 Å². The van der Waals surface area contributed by atoms with Crippen LogP contribution in [-0.2, 0) is 4.79 Å². The van der Waals surface area contributed by atoms with Gasteiger partial charge in [-0.25, -0.2) is 5.43 Å². The van der Waals surface area contributed by atoms with Gasteiger partial charge in [-0.1, -0.05) is 72.5 Å². The molecule has 0 bridgehead atoms. The minimum absolute atomic E-state index is 0.149. The lowest BCUT2D eigenvalue weighted by Gasteiger charge is -2.59. The zero-order valence-corrected chi connectivity index (χ0v) is 22.9. The van der Waals surface area contributed by atoms with E-state index in [1.165, 1.54) is 50.5 Å². The zero-order valence-electron chi connectivity index (χ0n) is 22.9. The quantitative estimate of drug-likeness (QED) is 0.283. The molecule has 1 unspecified atom stereocenters. The molecule has 0 aliphatic heterocycles. The number of aliphatic hydroxyl groups is 1. The van der Waals surface area contributed by atoms with Crippen molar-refractivity contribution in [1.29, 1.82) is 0 Å². The number of hydrazine groups is 1. The normalized spacial score (nSPS) is 42.4. The molecule has 4 nitrogen and oxygen atoms in total. The highest BCUT2D eigenvalue weighted by molar-refractivity contribution is 5.85. The van der Waals surface area contributed by atoms with Crippen LogP contribution in [0, 0.1) is 46.3 Å². The van der Waals surface area contributed by atoms with Gasteiger partial charge in [0.2, 0.25) is 0 Å². The van der Waals surface area contributed by atoms with E-state index in [0.717, 1.165) is 42.4 Å². The van der Waals surface area contributed by atoms with E-state index in [-0.39, 0.29) is 11.3 Å². The van der Waals surface area contributed by atoms with Gasteiger partial charge in [-0.3, -0.25) is 10.2 Å². The summed E-state index contributed by atoms with van der Waals surface area (Å²) in [5.74, 6) is 4.62. The Labute approximate surface area is 209 Å². The maximum absolute atomic E-state index is 12.7. The number of hydrogen-bond donors (Lipinski definition) is 3. The first kappa shape index (κ1) is 26.2. The molecule has 3 N–H and O–H groups in total. The lowest BCUT2D eigenvalue weighted by Crippen LogP contribution is -2.57. The first-order valence-corrected chi connectivity index (χ1v) is 14.5. The SMILES string of the molecule is CCNNC(=O)C1(O)CC[C@@]2(C)C(=CC[C@H]3[C@@H]4CC[C@H]([C@H](C)CCCC(C)C)[C@@]4(C)CC[C@@H]32)C1. The molecule has 34 heavy (non-hydrogen) atoms. The number of nitrogens with one attached hydrogen (secondary N) is 2. The van der Waals surface area contributed by atoms with E-state index in [0.29, 0.717) is 30.7 Å². The van der Waals surface area contributed by atoms with Crippen LogP contribution in [0.25, 0.3) is 0 Å². The average molecular weight is 473 g/mol. The predicted octanol–water partition coefficient (Wildman–Crippen LogP) is 6.40. The van der Waals surface area contributed by atoms with E-state index >= 15 is 0 Å². The molecule has 0 saturated heterocycles. The monoisotopic (exact) mass is 472 g/mol. The third-order valence-corrected chi connectivity index (χ3v) is 11.2. The van der Waals surface area contributed by atoms with Gasteiger partial charge in [-0.2, -0.15) is 0 Å². The maximum atomic E-state index is 12.7. The molecule has 0 aromatic carbocycles. The fraction of sp³-hybridized carbons (Fsp3) is 0.900. The Morgan fingerprint density at radius 1 is 1.09 bits per heavy atom. The van der Waals surface area contributed by atoms with E-state index in [1.54, 1.807) is 0 Å². The van der Waals surface area contributed by atoms with Crippen LogP contribution in [0.15, 0.2) is 11.6 Å². The third kappa shape index (κ3) is 4.51. The molecule has 0 spiro atoms. The van der Waals surface area contributed by atoms with E-state index in [1.807, 2.05) is 6.92 Å². The second kappa shape index (κ2) is 9.88. The second-order valence-corrected chi connectivity index (χ2v) is 13.5. The molecule has 3 saturated carbocycles. The Morgan fingerprint density at radius 3 is 2.56 bits per heavy atom. The van der Waals surface area contributed by atoms with Crippen LogP contribution < -0.4 is 10.9 Å². The Morgan fingerprint density at radius 2 is 1.85 bits per heavy atom. The van der Waals surface area contributed by atoms with Crippen LogP contribution >= 0.6 is 0 Å². The lowest BCUT2D eigenvalue weighted by atomic mass is 9.46. The summed E-state index contributed by atoms with van der Waals surface area (Å²) in [6.45, 7) is 15.0. The molecular formula is C30H52N2O2. The van der Waals surface area contributed by atoms with Crippen molar-refractivity contribution in [1.82, 2.24) is 10.9 Å². The van der Waals surface area contributed by atoms with Gasteiger partial charge in [0.1, 0.15) is 5.60 Å². The smallest absolute Gasteiger partial charge is 0.266 e. The van der Waals surface area contributed by atoms with Gasteiger partial charge in [-0.15, -0.1) is 0 Å². The van der Waals surface area contributed by atoms with Gasteiger partial charge in [0.15, 0.2) is 0 Å². The molecule has 3 fully saturated rings. The summed E-state index contributed by atoms with van der Waals surface area (Å²) in [4.78, 5) is 12.7. The van der Waals surface area contributed by atoms with Gasteiger partial charge in [0.05, 0.1) is 0 Å². The molecule has 0 aromatic heterocycles. The highest BCUT2D eigenvalue weighted by atomic mass is 16.3. The summed E-state index contributed by atoms with van der Waals surface area (Å²) >= 11 is 0. The number of carbonyl (C=O) groups excluding carboxylic acids is 1. The molecule has 0 heterocycles. The average Bonchev–Trinajstić information content (AvgIpc) is 3.15. The van der Waals surface area contributed by atoms with Crippen molar-refractivity contribution in [2.24, 2.45) is 46.3 Å². The molecule has 0 aromatic rings. The van der Waals surface area contributed by atoms with Gasteiger partial charge in [0, 0.05) is 13.0 Å². The van der Waals surface area contributed by atoms with Crippen LogP contribution in [0.4, 0.5) is 0 Å². The second-order valence-electron chi connectivity index (χ2n) is 13.5. The van der Waals surface area contributed by atoms with Gasteiger partial charge in [-0.05, 0) is 91.3 Å². The van der Waals surface area contributed by atoms with Crippen molar-refractivity contribution in [2.75, 3.05) is 6.54 Å². The van der Waals surface area contributed by atoms with Crippen molar-refractivity contribution in [3.05, 3.63) is 11.6 Å². The largest absolute Gasteiger partial charge is 0.380 e. The number of fused-ring (bicyclic) bond motifs is 5. The fourth-order valence-electron chi connectivity index (χ4n) is 9.15. The molecule has 8 atom stereocenters. The lowest BCUT2D eigenvalue weighted by molar-refractivity contribution is -0.146. The number of allylic oxidation sites excluding steroid dienone is 1. The molecule has 1 amide bonds. The van der Waals surface area contributed by atoms with Gasteiger partial charge >= 0.3 is 0 Å². The summed E-state index contributed by atoms with van der Waals surface area (Å²) in [6, 6.07) is 0.